The first-order chi connectivity index (χ1) is 18.4. The summed E-state index contributed by atoms with van der Waals surface area (Å²) in [4.78, 5) is 34.9. The second kappa shape index (κ2) is 11.4. The van der Waals surface area contributed by atoms with E-state index in [9.17, 15) is 18.0 Å². The molecular formula is C23H22N8O4S3. The number of hydrogen-bond acceptors (Lipinski definition) is 11. The second-order valence-electron chi connectivity index (χ2n) is 8.42. The van der Waals surface area contributed by atoms with Gasteiger partial charge in [-0.25, -0.2) is 23.3 Å². The fourth-order valence-electron chi connectivity index (χ4n) is 4.01. The zero-order valence-corrected chi connectivity index (χ0v) is 22.3. The smallest absolute Gasteiger partial charge is 0.308 e. The second-order valence-corrected chi connectivity index (χ2v) is 12.5. The number of H-pyrrole nitrogens is 1. The van der Waals surface area contributed by atoms with Crippen LogP contribution in [0.15, 0.2) is 62.9 Å². The van der Waals surface area contributed by atoms with Crippen LogP contribution in [0.5, 0.6) is 0 Å². The van der Waals surface area contributed by atoms with Gasteiger partial charge in [-0.3, -0.25) is 15.1 Å². The quantitative estimate of drug-likeness (QED) is 0.196. The summed E-state index contributed by atoms with van der Waals surface area (Å²) < 4.78 is 26.2. The summed E-state index contributed by atoms with van der Waals surface area (Å²) in [5.41, 5.74) is 0.943. The molecule has 0 unspecified atom stereocenters. The predicted molar refractivity (Wildman–Crippen MR) is 141 cm³/mol. The number of aromatic nitrogens is 6. The average Bonchev–Trinajstić information content (AvgIpc) is 3.70. The molecule has 12 nitrogen and oxygen atoms in total. The third kappa shape index (κ3) is 5.89. The van der Waals surface area contributed by atoms with Crippen LogP contribution >= 0.6 is 23.1 Å². The summed E-state index contributed by atoms with van der Waals surface area (Å²) in [6.07, 6.45) is 5.23. The number of thioether (sulfide) groups is 1. The van der Waals surface area contributed by atoms with Gasteiger partial charge in [0.15, 0.2) is 15.1 Å². The van der Waals surface area contributed by atoms with Gasteiger partial charge in [0.05, 0.1) is 5.69 Å². The highest BCUT2D eigenvalue weighted by atomic mass is 32.2. The number of Topliss-reactive ketones (excluding diaryl/α,β-unsaturated/α-hetero) is 1. The molecular weight excluding hydrogens is 549 g/mol. The van der Waals surface area contributed by atoms with Gasteiger partial charge in [-0.05, 0) is 47.5 Å². The first kappa shape index (κ1) is 25.9. The lowest BCUT2D eigenvalue weighted by Gasteiger charge is -2.09. The Kier molecular flexibility index (Phi) is 7.76. The monoisotopic (exact) mass is 570 g/mol. The average molecular weight is 571 g/mol. The van der Waals surface area contributed by atoms with E-state index >= 15 is 0 Å². The summed E-state index contributed by atoms with van der Waals surface area (Å²) in [5, 5.41) is 17.4. The van der Waals surface area contributed by atoms with Gasteiger partial charge in [-0.15, -0.1) is 11.8 Å². The SMILES string of the molecule is O=C(Nc1ccnc(C(=O)C2CCCC2)c1)Nc1nc(CSc2ccccc2)c(S(=O)(=O)c2nnn[nH]2)s1. The van der Waals surface area contributed by atoms with Crippen LogP contribution in [0.4, 0.5) is 15.6 Å². The Labute approximate surface area is 226 Å². The minimum absolute atomic E-state index is 0.0243. The van der Waals surface area contributed by atoms with Crippen LogP contribution in [-0.4, -0.2) is 50.8 Å². The summed E-state index contributed by atoms with van der Waals surface area (Å²) in [6, 6.07) is 11.9. The van der Waals surface area contributed by atoms with Gasteiger partial charge in [-0.2, -0.15) is 0 Å². The number of thiazole rings is 1. The Morgan fingerprint density at radius 2 is 1.89 bits per heavy atom. The summed E-state index contributed by atoms with van der Waals surface area (Å²) in [7, 11) is -4.09. The number of sulfone groups is 1. The van der Waals surface area contributed by atoms with Crippen LogP contribution in [0.2, 0.25) is 0 Å². The molecule has 0 saturated heterocycles. The van der Waals surface area contributed by atoms with Crippen molar-refractivity contribution < 1.29 is 18.0 Å². The fraction of sp³-hybridized carbons (Fsp3) is 0.261. The van der Waals surface area contributed by atoms with E-state index in [0.29, 0.717) is 11.4 Å². The van der Waals surface area contributed by atoms with Crippen molar-refractivity contribution in [1.29, 1.82) is 0 Å². The molecule has 196 valence electrons. The van der Waals surface area contributed by atoms with Gasteiger partial charge in [0, 0.05) is 28.5 Å². The first-order valence-electron chi connectivity index (χ1n) is 11.6. The number of tetrazole rings is 1. The van der Waals surface area contributed by atoms with Gasteiger partial charge in [0.1, 0.15) is 5.69 Å². The lowest BCUT2D eigenvalue weighted by Crippen LogP contribution is -2.20. The molecule has 3 heterocycles. The van der Waals surface area contributed by atoms with E-state index in [1.54, 1.807) is 6.07 Å². The number of carbonyl (C=O) groups excluding carboxylic acids is 2. The lowest BCUT2D eigenvalue weighted by atomic mass is 9.99. The van der Waals surface area contributed by atoms with Crippen molar-refractivity contribution in [2.75, 3.05) is 10.6 Å². The molecule has 1 aliphatic rings. The maximum atomic E-state index is 13.1. The lowest BCUT2D eigenvalue weighted by molar-refractivity contribution is 0.0917. The molecule has 15 heteroatoms. The van der Waals surface area contributed by atoms with E-state index in [2.05, 4.69) is 41.2 Å². The standard InChI is InChI=1S/C23H22N8O4S3/c32-19(14-6-4-5-7-14)17-12-15(10-11-24-17)25-21(33)27-22-26-18(13-36-16-8-2-1-3-9-16)20(37-22)38(34,35)23-28-30-31-29-23/h1-3,8-12,14H,4-7,13H2,(H,28,29,30,31)(H2,24,25,26,27,33). The number of carbonyl (C=O) groups is 2. The molecule has 1 fully saturated rings. The maximum absolute atomic E-state index is 13.1. The van der Waals surface area contributed by atoms with Crippen LogP contribution in [-0.2, 0) is 15.6 Å². The van der Waals surface area contributed by atoms with Crippen molar-refractivity contribution in [3.05, 3.63) is 60.0 Å². The summed E-state index contributed by atoms with van der Waals surface area (Å²) in [6.45, 7) is 0. The highest BCUT2D eigenvalue weighted by Gasteiger charge is 2.30. The van der Waals surface area contributed by atoms with Crippen molar-refractivity contribution in [2.45, 2.75) is 45.7 Å². The largest absolute Gasteiger partial charge is 0.325 e. The van der Waals surface area contributed by atoms with Gasteiger partial charge in [-0.1, -0.05) is 47.5 Å². The number of benzene rings is 1. The Hall–Kier alpha value is -3.69. The fourth-order valence-corrected chi connectivity index (χ4v) is 7.59. The highest BCUT2D eigenvalue weighted by Crippen LogP contribution is 2.35. The van der Waals surface area contributed by atoms with Crippen molar-refractivity contribution in [1.82, 2.24) is 30.6 Å². The number of hydrogen-bond donors (Lipinski definition) is 3. The van der Waals surface area contributed by atoms with Crippen molar-refractivity contribution in [3.8, 4) is 0 Å². The highest BCUT2D eigenvalue weighted by molar-refractivity contribution is 7.98. The molecule has 3 N–H and O–H groups in total. The van der Waals surface area contributed by atoms with Crippen molar-refractivity contribution >= 4 is 55.6 Å². The first-order valence-corrected chi connectivity index (χ1v) is 14.9. The molecule has 0 bridgehead atoms. The molecule has 1 aliphatic carbocycles. The number of amides is 2. The Balaban J connectivity index is 1.33. The van der Waals surface area contributed by atoms with Crippen LogP contribution in [0, 0.1) is 5.92 Å². The minimum Gasteiger partial charge on any atom is -0.308 e. The van der Waals surface area contributed by atoms with E-state index in [0.717, 1.165) is 41.9 Å². The number of aromatic amines is 1. The predicted octanol–water partition coefficient (Wildman–Crippen LogP) is 4.19. The molecule has 2 amide bonds. The zero-order chi connectivity index (χ0) is 26.5. The Morgan fingerprint density at radius 3 is 2.63 bits per heavy atom. The number of urea groups is 1. The maximum Gasteiger partial charge on any atom is 0.325 e. The number of nitrogens with one attached hydrogen (secondary N) is 3. The van der Waals surface area contributed by atoms with E-state index in [1.807, 2.05) is 30.3 Å². The van der Waals surface area contributed by atoms with E-state index < -0.39 is 21.0 Å². The summed E-state index contributed by atoms with van der Waals surface area (Å²) in [5.74, 6) is 0.175. The van der Waals surface area contributed by atoms with Crippen LogP contribution in [0.1, 0.15) is 41.9 Å². The van der Waals surface area contributed by atoms with Gasteiger partial charge in [0.2, 0.25) is 0 Å². The molecule has 1 saturated carbocycles. The number of pyridine rings is 1. The third-order valence-electron chi connectivity index (χ3n) is 5.82. The minimum atomic E-state index is -4.09. The van der Waals surface area contributed by atoms with E-state index in [4.69, 9.17) is 0 Å². The van der Waals surface area contributed by atoms with Crippen LogP contribution in [0.25, 0.3) is 0 Å². The molecule has 3 aromatic heterocycles. The molecule has 0 radical (unpaired) electrons. The van der Waals surface area contributed by atoms with Gasteiger partial charge in [0.25, 0.3) is 15.0 Å². The molecule has 0 spiro atoms. The van der Waals surface area contributed by atoms with E-state index in [1.165, 1.54) is 24.0 Å². The van der Waals surface area contributed by atoms with Crippen molar-refractivity contribution in [2.24, 2.45) is 5.92 Å². The normalized spacial score (nSPS) is 13.9. The number of nitrogens with zero attached hydrogens (tertiary/aromatic N) is 5. The molecule has 1 aromatic carbocycles. The Morgan fingerprint density at radius 1 is 1.11 bits per heavy atom. The summed E-state index contributed by atoms with van der Waals surface area (Å²) >= 11 is 2.20. The van der Waals surface area contributed by atoms with Gasteiger partial charge >= 0.3 is 6.03 Å². The zero-order valence-electron chi connectivity index (χ0n) is 19.8. The Bertz CT molecular complexity index is 1540. The molecule has 5 rings (SSSR count). The van der Waals surface area contributed by atoms with E-state index in [-0.39, 0.29) is 32.5 Å². The van der Waals surface area contributed by atoms with Crippen LogP contribution in [0.3, 0.4) is 0 Å². The molecule has 4 aromatic rings. The molecule has 0 atom stereocenters. The van der Waals surface area contributed by atoms with Crippen molar-refractivity contribution in [3.63, 3.8) is 0 Å². The van der Waals surface area contributed by atoms with Crippen LogP contribution < -0.4 is 10.6 Å². The number of ketones is 1. The number of anilines is 2. The third-order valence-corrected chi connectivity index (χ3v) is 9.97. The van der Waals surface area contributed by atoms with Gasteiger partial charge < -0.3 is 5.32 Å². The molecule has 0 aliphatic heterocycles. The number of rotatable bonds is 9. The molecule has 38 heavy (non-hydrogen) atoms. The topological polar surface area (TPSA) is 173 Å².